The van der Waals surface area contributed by atoms with Crippen LogP contribution in [0, 0.1) is 5.41 Å². The smallest absolute Gasteiger partial charge is 0.373 e. The van der Waals surface area contributed by atoms with Crippen molar-refractivity contribution in [1.29, 1.82) is 0 Å². The first-order valence-corrected chi connectivity index (χ1v) is 12.2. The van der Waals surface area contributed by atoms with Crippen LogP contribution in [0.5, 0.6) is 0 Å². The van der Waals surface area contributed by atoms with E-state index in [1.54, 1.807) is 0 Å². The number of carbonyl (C=O) groups excluding carboxylic acids is 1. The minimum Gasteiger partial charge on any atom is -0.456 e. The summed E-state index contributed by atoms with van der Waals surface area (Å²) in [6.07, 6.45) is 1.30. The third-order valence-corrected chi connectivity index (χ3v) is 8.03. The zero-order valence-electron chi connectivity index (χ0n) is 16.6. The average molecular weight is 365 g/mol. The Hall–Kier alpha value is -1.17. The first kappa shape index (κ1) is 20.1. The Morgan fingerprint density at radius 1 is 1.08 bits per heavy atom. The number of rotatable bonds is 7. The highest BCUT2D eigenvalue weighted by Crippen LogP contribution is 2.42. The van der Waals surface area contributed by atoms with E-state index in [-0.39, 0.29) is 5.41 Å². The molecule has 1 aromatic carbocycles. The molecular formula is C20H32O4Si. The Labute approximate surface area is 152 Å². The van der Waals surface area contributed by atoms with Crippen molar-refractivity contribution in [3.8, 4) is 0 Å². The summed E-state index contributed by atoms with van der Waals surface area (Å²) in [5.74, 6) is -1.62. The van der Waals surface area contributed by atoms with E-state index in [0.29, 0.717) is 6.42 Å². The van der Waals surface area contributed by atoms with Gasteiger partial charge in [0.15, 0.2) is 0 Å². The normalized spacial score (nSPS) is 17.2. The molecule has 0 spiro atoms. The van der Waals surface area contributed by atoms with Gasteiger partial charge in [-0.05, 0) is 31.7 Å². The van der Waals surface area contributed by atoms with Crippen molar-refractivity contribution in [1.82, 2.24) is 0 Å². The summed E-state index contributed by atoms with van der Waals surface area (Å²) in [4.78, 5) is 22.6. The number of benzene rings is 1. The molecular weight excluding hydrogens is 332 g/mol. The lowest BCUT2D eigenvalue weighted by Gasteiger charge is -2.31. The molecule has 1 saturated heterocycles. The van der Waals surface area contributed by atoms with E-state index in [0.717, 1.165) is 12.5 Å². The molecule has 1 aliphatic rings. The monoisotopic (exact) mass is 364 g/mol. The number of hydrogen-bond acceptors (Lipinski definition) is 4. The van der Waals surface area contributed by atoms with E-state index >= 15 is 0 Å². The van der Waals surface area contributed by atoms with Gasteiger partial charge in [0.2, 0.25) is 0 Å². The van der Waals surface area contributed by atoms with Crippen LogP contribution in [0.15, 0.2) is 30.3 Å². The van der Waals surface area contributed by atoms with Crippen molar-refractivity contribution >= 4 is 19.2 Å². The van der Waals surface area contributed by atoms with Gasteiger partial charge in [-0.1, -0.05) is 69.4 Å². The van der Waals surface area contributed by atoms with Crippen LogP contribution in [-0.2, 0) is 19.3 Å². The molecule has 0 bridgehead atoms. The quantitative estimate of drug-likeness (QED) is 0.311. The van der Waals surface area contributed by atoms with E-state index in [9.17, 15) is 4.79 Å². The Bertz CT molecular complexity index is 598. The van der Waals surface area contributed by atoms with Crippen LogP contribution < -0.4 is 5.19 Å². The maximum Gasteiger partial charge on any atom is 0.373 e. The van der Waals surface area contributed by atoms with Crippen LogP contribution >= 0.6 is 0 Å². The minimum atomic E-state index is -1.56. The summed E-state index contributed by atoms with van der Waals surface area (Å²) in [5.41, 5.74) is -0.627. The lowest BCUT2D eigenvalue weighted by Crippen LogP contribution is -2.44. The first-order valence-electron chi connectivity index (χ1n) is 9.01. The number of ether oxygens (including phenoxy) is 1. The van der Waals surface area contributed by atoms with E-state index in [2.05, 4.69) is 37.4 Å². The molecule has 1 aromatic rings. The van der Waals surface area contributed by atoms with Crippen molar-refractivity contribution in [3.05, 3.63) is 30.3 Å². The highest BCUT2D eigenvalue weighted by Gasteiger charge is 2.61. The molecule has 5 heteroatoms. The lowest BCUT2D eigenvalue weighted by atomic mass is 9.88. The summed E-state index contributed by atoms with van der Waals surface area (Å²) in [6, 6.07) is 11.7. The van der Waals surface area contributed by atoms with Crippen molar-refractivity contribution in [2.24, 2.45) is 5.41 Å². The molecule has 0 aromatic heterocycles. The van der Waals surface area contributed by atoms with E-state index in [1.165, 1.54) is 5.19 Å². The van der Waals surface area contributed by atoms with Crippen molar-refractivity contribution < 1.29 is 19.3 Å². The van der Waals surface area contributed by atoms with Gasteiger partial charge in [-0.25, -0.2) is 4.79 Å². The zero-order chi connectivity index (χ0) is 18.9. The van der Waals surface area contributed by atoms with Crippen LogP contribution in [0.4, 0.5) is 0 Å². The second kappa shape index (κ2) is 6.86. The minimum absolute atomic E-state index is 0.0815. The van der Waals surface area contributed by atoms with Crippen LogP contribution in [0.2, 0.25) is 19.1 Å². The summed E-state index contributed by atoms with van der Waals surface area (Å²) in [7, 11) is -1.56. The highest BCUT2D eigenvalue weighted by atomic mass is 28.3. The molecule has 0 atom stereocenters. The second-order valence-electron chi connectivity index (χ2n) is 9.56. The van der Waals surface area contributed by atoms with Gasteiger partial charge in [0.25, 0.3) is 0 Å². The molecule has 0 radical (unpaired) electrons. The molecule has 0 amide bonds. The molecule has 4 nitrogen and oxygen atoms in total. The zero-order valence-corrected chi connectivity index (χ0v) is 17.6. The molecule has 25 heavy (non-hydrogen) atoms. The predicted molar refractivity (Wildman–Crippen MR) is 102 cm³/mol. The largest absolute Gasteiger partial charge is 0.456 e. The van der Waals surface area contributed by atoms with Gasteiger partial charge in [0.05, 0.1) is 8.07 Å². The van der Waals surface area contributed by atoms with E-state index < -0.39 is 25.4 Å². The number of hydrogen-bond donors (Lipinski definition) is 0. The highest BCUT2D eigenvalue weighted by molar-refractivity contribution is 6.89. The molecule has 0 N–H and O–H groups in total. The van der Waals surface area contributed by atoms with Crippen LogP contribution in [0.3, 0.4) is 0 Å². The topological polar surface area (TPSA) is 51.4 Å². The average Bonchev–Trinajstić information content (AvgIpc) is 3.25. The molecule has 0 unspecified atom stereocenters. The molecule has 0 saturated carbocycles. The van der Waals surface area contributed by atoms with Crippen LogP contribution in [-0.4, -0.2) is 25.4 Å². The maximum atomic E-state index is 12.6. The Morgan fingerprint density at radius 2 is 1.64 bits per heavy atom. The molecule has 140 valence electrons. The summed E-state index contributed by atoms with van der Waals surface area (Å²) in [6.45, 7) is 14.8. The van der Waals surface area contributed by atoms with Gasteiger partial charge < -0.3 is 4.74 Å². The van der Waals surface area contributed by atoms with Gasteiger partial charge in [0, 0.05) is 6.42 Å². The molecule has 1 fully saturated rings. The fourth-order valence-electron chi connectivity index (χ4n) is 2.97. The lowest BCUT2D eigenvalue weighted by molar-refractivity contribution is -0.165. The third-order valence-electron chi connectivity index (χ3n) is 4.63. The van der Waals surface area contributed by atoms with E-state index in [4.69, 9.17) is 14.5 Å². The summed E-state index contributed by atoms with van der Waals surface area (Å²) in [5, 5.41) is 1.43. The van der Waals surface area contributed by atoms with Crippen molar-refractivity contribution in [2.45, 2.75) is 78.0 Å². The molecule has 1 aliphatic heterocycles. The van der Waals surface area contributed by atoms with Crippen molar-refractivity contribution in [3.63, 3.8) is 0 Å². The van der Waals surface area contributed by atoms with Gasteiger partial charge in [0.1, 0.15) is 5.60 Å². The molecule has 2 rings (SSSR count). The fraction of sp³-hybridized carbons (Fsp3) is 0.650. The van der Waals surface area contributed by atoms with Crippen molar-refractivity contribution in [2.75, 3.05) is 0 Å². The van der Waals surface area contributed by atoms with Crippen LogP contribution in [0.25, 0.3) is 0 Å². The molecule has 1 heterocycles. The molecule has 0 aliphatic carbocycles. The maximum absolute atomic E-state index is 12.6. The summed E-state index contributed by atoms with van der Waals surface area (Å²) < 4.78 is 5.78. The standard InChI is InChI=1S/C20H32O4Si/c1-18(2,3)15-20(23-24-20)17(21)22-19(4,5)13-14-25(6,7)16-11-9-8-10-12-16/h8-12H,13-15H2,1-7H3. The number of esters is 1. The SMILES string of the molecule is CC(C)(C)CC1(C(=O)OC(C)(C)CC[Si](C)(C)c2ccccc2)OO1. The Kier molecular flexibility index (Phi) is 5.52. The summed E-state index contributed by atoms with van der Waals surface area (Å²) >= 11 is 0. The fourth-order valence-corrected chi connectivity index (χ4v) is 5.59. The van der Waals surface area contributed by atoms with E-state index in [1.807, 2.05) is 40.7 Å². The Balaban J connectivity index is 1.95. The van der Waals surface area contributed by atoms with Gasteiger partial charge in [-0.3, -0.25) is 0 Å². The van der Waals surface area contributed by atoms with Crippen LogP contribution in [0.1, 0.15) is 47.5 Å². The first-order chi connectivity index (χ1) is 11.4. The second-order valence-corrected chi connectivity index (χ2v) is 14.4. The predicted octanol–water partition coefficient (Wildman–Crippen LogP) is 4.41. The third kappa shape index (κ3) is 5.66. The number of carbonyl (C=O) groups is 1. The van der Waals surface area contributed by atoms with Gasteiger partial charge >= 0.3 is 11.8 Å². The van der Waals surface area contributed by atoms with Gasteiger partial charge in [-0.15, -0.1) is 0 Å². The van der Waals surface area contributed by atoms with Gasteiger partial charge in [-0.2, -0.15) is 9.78 Å². The Morgan fingerprint density at radius 3 is 2.12 bits per heavy atom.